The molecule has 0 amide bonds. The summed E-state index contributed by atoms with van der Waals surface area (Å²) in [6, 6.07) is 0.638. The van der Waals surface area contributed by atoms with Crippen LogP contribution in [0.1, 0.15) is 34.1 Å². The molecule has 96 valence electrons. The van der Waals surface area contributed by atoms with Gasteiger partial charge < -0.3 is 10.1 Å². The van der Waals surface area contributed by atoms with Crippen molar-refractivity contribution in [3.05, 3.63) is 0 Å². The van der Waals surface area contributed by atoms with Gasteiger partial charge in [0.2, 0.25) is 0 Å². The molecule has 1 rings (SSSR count). The minimum atomic E-state index is 0.638. The van der Waals surface area contributed by atoms with Crippen LogP contribution in [0.25, 0.3) is 0 Å². The van der Waals surface area contributed by atoms with Crippen LogP contribution in [-0.2, 0) is 4.74 Å². The van der Waals surface area contributed by atoms with Crippen LogP contribution in [0.4, 0.5) is 0 Å². The third-order valence-corrected chi connectivity index (χ3v) is 5.10. The average molecular weight is 245 g/mol. The normalized spacial score (nSPS) is 24.9. The number of hydrogen-bond donors (Lipinski definition) is 1. The van der Waals surface area contributed by atoms with Crippen LogP contribution in [0, 0.1) is 11.8 Å². The third kappa shape index (κ3) is 4.64. The van der Waals surface area contributed by atoms with Crippen molar-refractivity contribution in [1.82, 2.24) is 5.32 Å². The average Bonchev–Trinajstić information content (AvgIpc) is 2.76. The molecule has 0 aromatic rings. The van der Waals surface area contributed by atoms with Gasteiger partial charge in [-0.2, -0.15) is 11.8 Å². The molecule has 1 heterocycles. The second-order valence-corrected chi connectivity index (χ2v) is 6.48. The largest absolute Gasteiger partial charge is 0.381 e. The predicted octanol–water partition coefficient (Wildman–Crippen LogP) is 2.78. The van der Waals surface area contributed by atoms with E-state index in [1.54, 1.807) is 0 Å². The van der Waals surface area contributed by atoms with Crippen LogP contribution < -0.4 is 5.32 Å². The summed E-state index contributed by atoms with van der Waals surface area (Å²) in [6.45, 7) is 12.1. The standard InChI is InChI=1S/C13H27NOS/c1-5-14-13(12-6-7-15-8-12)9-16-11(4)10(2)3/h10-14H,5-9H2,1-4H3. The topological polar surface area (TPSA) is 21.3 Å². The van der Waals surface area contributed by atoms with Gasteiger partial charge in [0.05, 0.1) is 6.61 Å². The van der Waals surface area contributed by atoms with Gasteiger partial charge in [-0.25, -0.2) is 0 Å². The van der Waals surface area contributed by atoms with Crippen LogP contribution in [0.3, 0.4) is 0 Å². The van der Waals surface area contributed by atoms with E-state index in [-0.39, 0.29) is 0 Å². The second kappa shape index (κ2) is 7.57. The highest BCUT2D eigenvalue weighted by molar-refractivity contribution is 7.99. The molecule has 16 heavy (non-hydrogen) atoms. The smallest absolute Gasteiger partial charge is 0.0510 e. The SMILES string of the molecule is CCNC(CSC(C)C(C)C)C1CCOC1. The molecule has 1 aliphatic rings. The molecule has 0 aromatic heterocycles. The molecule has 0 saturated carbocycles. The maximum Gasteiger partial charge on any atom is 0.0510 e. The van der Waals surface area contributed by atoms with Crippen LogP contribution in [0.2, 0.25) is 0 Å². The fourth-order valence-corrected chi connectivity index (χ4v) is 3.23. The Balaban J connectivity index is 2.32. The summed E-state index contributed by atoms with van der Waals surface area (Å²) in [4.78, 5) is 0. The molecule has 1 fully saturated rings. The molecule has 0 radical (unpaired) electrons. The van der Waals surface area contributed by atoms with E-state index in [1.807, 2.05) is 0 Å². The number of rotatable bonds is 7. The molecule has 1 saturated heterocycles. The molecule has 0 aromatic carbocycles. The summed E-state index contributed by atoms with van der Waals surface area (Å²) in [5, 5.41) is 4.37. The maximum absolute atomic E-state index is 5.49. The van der Waals surface area contributed by atoms with Gasteiger partial charge in [-0.3, -0.25) is 0 Å². The zero-order chi connectivity index (χ0) is 12.0. The Morgan fingerprint density at radius 3 is 2.62 bits per heavy atom. The lowest BCUT2D eigenvalue weighted by atomic mass is 10.0. The van der Waals surface area contributed by atoms with Crippen molar-refractivity contribution in [1.29, 1.82) is 0 Å². The van der Waals surface area contributed by atoms with Gasteiger partial charge in [-0.1, -0.05) is 27.7 Å². The van der Waals surface area contributed by atoms with Crippen molar-refractivity contribution in [2.24, 2.45) is 11.8 Å². The number of ether oxygens (including phenoxy) is 1. The van der Waals surface area contributed by atoms with Crippen LogP contribution in [0.15, 0.2) is 0 Å². The summed E-state index contributed by atoms with van der Waals surface area (Å²) in [6.07, 6.45) is 1.23. The van der Waals surface area contributed by atoms with E-state index >= 15 is 0 Å². The summed E-state index contributed by atoms with van der Waals surface area (Å²) < 4.78 is 5.49. The van der Waals surface area contributed by atoms with Crippen molar-refractivity contribution in [3.63, 3.8) is 0 Å². The lowest BCUT2D eigenvalue weighted by Crippen LogP contribution is -2.39. The highest BCUT2D eigenvalue weighted by atomic mass is 32.2. The Morgan fingerprint density at radius 2 is 2.12 bits per heavy atom. The Hall–Kier alpha value is 0.270. The summed E-state index contributed by atoms with van der Waals surface area (Å²) in [5.41, 5.74) is 0. The lowest BCUT2D eigenvalue weighted by molar-refractivity contribution is 0.179. The predicted molar refractivity (Wildman–Crippen MR) is 73.1 cm³/mol. The van der Waals surface area contributed by atoms with Crippen molar-refractivity contribution in [2.75, 3.05) is 25.5 Å². The quantitative estimate of drug-likeness (QED) is 0.745. The first-order valence-corrected chi connectivity index (χ1v) is 7.62. The van der Waals surface area contributed by atoms with Crippen LogP contribution in [0.5, 0.6) is 0 Å². The van der Waals surface area contributed by atoms with Gasteiger partial charge in [0, 0.05) is 29.6 Å². The molecule has 0 spiro atoms. The molecule has 0 aliphatic carbocycles. The molecule has 2 nitrogen and oxygen atoms in total. The van der Waals surface area contributed by atoms with Gasteiger partial charge in [0.25, 0.3) is 0 Å². The van der Waals surface area contributed by atoms with E-state index < -0.39 is 0 Å². The molecule has 3 atom stereocenters. The van der Waals surface area contributed by atoms with E-state index in [0.29, 0.717) is 6.04 Å². The third-order valence-electron chi connectivity index (χ3n) is 3.48. The van der Waals surface area contributed by atoms with Gasteiger partial charge >= 0.3 is 0 Å². The first kappa shape index (κ1) is 14.3. The first-order valence-electron chi connectivity index (χ1n) is 6.57. The van der Waals surface area contributed by atoms with E-state index in [1.165, 1.54) is 12.2 Å². The van der Waals surface area contributed by atoms with Gasteiger partial charge in [-0.05, 0) is 18.9 Å². The lowest BCUT2D eigenvalue weighted by Gasteiger charge is -2.25. The summed E-state index contributed by atoms with van der Waals surface area (Å²) in [7, 11) is 0. The summed E-state index contributed by atoms with van der Waals surface area (Å²) >= 11 is 2.10. The minimum Gasteiger partial charge on any atom is -0.381 e. The molecule has 1 aliphatic heterocycles. The van der Waals surface area contributed by atoms with Crippen molar-refractivity contribution >= 4 is 11.8 Å². The van der Waals surface area contributed by atoms with Crippen LogP contribution >= 0.6 is 11.8 Å². The fourth-order valence-electron chi connectivity index (χ4n) is 1.94. The van der Waals surface area contributed by atoms with E-state index in [2.05, 4.69) is 44.8 Å². The van der Waals surface area contributed by atoms with Crippen molar-refractivity contribution in [3.8, 4) is 0 Å². The highest BCUT2D eigenvalue weighted by Gasteiger charge is 2.25. The maximum atomic E-state index is 5.49. The van der Waals surface area contributed by atoms with Gasteiger partial charge in [0.15, 0.2) is 0 Å². The van der Waals surface area contributed by atoms with Crippen molar-refractivity contribution < 1.29 is 4.74 Å². The highest BCUT2D eigenvalue weighted by Crippen LogP contribution is 2.24. The Kier molecular flexibility index (Phi) is 6.78. The first-order chi connectivity index (χ1) is 7.65. The zero-order valence-electron chi connectivity index (χ0n) is 11.2. The molecular formula is C13H27NOS. The fraction of sp³-hybridized carbons (Fsp3) is 1.00. The minimum absolute atomic E-state index is 0.638. The number of hydrogen-bond acceptors (Lipinski definition) is 3. The molecular weight excluding hydrogens is 218 g/mol. The molecule has 1 N–H and O–H groups in total. The second-order valence-electron chi connectivity index (χ2n) is 5.07. The molecule has 3 unspecified atom stereocenters. The van der Waals surface area contributed by atoms with E-state index in [4.69, 9.17) is 4.74 Å². The van der Waals surface area contributed by atoms with Gasteiger partial charge in [-0.15, -0.1) is 0 Å². The van der Waals surface area contributed by atoms with Gasteiger partial charge in [0.1, 0.15) is 0 Å². The number of thioether (sulfide) groups is 1. The monoisotopic (exact) mass is 245 g/mol. The Morgan fingerprint density at radius 1 is 1.38 bits per heavy atom. The summed E-state index contributed by atoms with van der Waals surface area (Å²) in [5.74, 6) is 2.72. The van der Waals surface area contributed by atoms with E-state index in [9.17, 15) is 0 Å². The molecule has 3 heteroatoms. The Labute approximate surface area is 105 Å². The van der Waals surface area contributed by atoms with Crippen molar-refractivity contribution in [2.45, 2.75) is 45.4 Å². The van der Waals surface area contributed by atoms with Crippen LogP contribution in [-0.4, -0.2) is 36.8 Å². The van der Waals surface area contributed by atoms with E-state index in [0.717, 1.165) is 36.8 Å². The number of nitrogens with one attached hydrogen (secondary N) is 1. The Bertz CT molecular complexity index is 181. The zero-order valence-corrected chi connectivity index (χ0v) is 12.0. The molecule has 0 bridgehead atoms.